The minimum absolute atomic E-state index is 0.0402. The number of aromatic nitrogens is 2. The van der Waals surface area contributed by atoms with E-state index in [4.69, 9.17) is 10.8 Å². The normalized spacial score (nSPS) is 10.3. The van der Waals surface area contributed by atoms with E-state index in [0.717, 1.165) is 5.56 Å². The van der Waals surface area contributed by atoms with Crippen molar-refractivity contribution in [1.29, 1.82) is 0 Å². The molecule has 0 aliphatic heterocycles. The zero-order valence-electron chi connectivity index (χ0n) is 8.25. The van der Waals surface area contributed by atoms with Crippen molar-refractivity contribution in [2.45, 2.75) is 6.54 Å². The number of pyridine rings is 1. The molecule has 6 heteroatoms. The highest BCUT2D eigenvalue weighted by Gasteiger charge is 2.18. The lowest BCUT2D eigenvalue weighted by Crippen LogP contribution is -2.01. The lowest BCUT2D eigenvalue weighted by atomic mass is 10.2. The van der Waals surface area contributed by atoms with Crippen molar-refractivity contribution in [3.05, 3.63) is 35.2 Å². The largest absolute Gasteiger partial charge is 0.476 e. The number of nitrogens with zero attached hydrogens (tertiary/aromatic N) is 2. The molecule has 0 fully saturated rings. The standard InChI is InChI=1S/C10H9N3O2S/c11-4-7-13-8(10(14)15)9(16-7)6-2-1-3-12-5-6/h1-3,5H,4,11H2,(H,14,15). The minimum atomic E-state index is -1.05. The number of carbonyl (C=O) groups is 1. The lowest BCUT2D eigenvalue weighted by Gasteiger charge is -1.96. The molecular formula is C10H9N3O2S. The summed E-state index contributed by atoms with van der Waals surface area (Å²) >= 11 is 1.28. The average Bonchev–Trinajstić information content (AvgIpc) is 2.74. The molecule has 0 spiro atoms. The van der Waals surface area contributed by atoms with E-state index in [1.807, 2.05) is 0 Å². The Morgan fingerprint density at radius 2 is 2.38 bits per heavy atom. The number of hydrogen-bond donors (Lipinski definition) is 2. The molecule has 0 amide bonds. The minimum Gasteiger partial charge on any atom is -0.476 e. The van der Waals surface area contributed by atoms with Crippen LogP contribution in [0.1, 0.15) is 15.5 Å². The van der Waals surface area contributed by atoms with Crippen LogP contribution in [0.5, 0.6) is 0 Å². The van der Waals surface area contributed by atoms with Gasteiger partial charge in [0, 0.05) is 24.5 Å². The van der Waals surface area contributed by atoms with Crippen molar-refractivity contribution in [2.24, 2.45) is 5.73 Å². The van der Waals surface area contributed by atoms with Gasteiger partial charge in [-0.05, 0) is 6.07 Å². The predicted octanol–water partition coefficient (Wildman–Crippen LogP) is 1.36. The third-order valence-electron chi connectivity index (χ3n) is 1.97. The fourth-order valence-electron chi connectivity index (χ4n) is 1.29. The first kappa shape index (κ1) is 10.7. The number of rotatable bonds is 3. The first-order valence-corrected chi connectivity index (χ1v) is 5.37. The first-order chi connectivity index (χ1) is 7.72. The molecule has 16 heavy (non-hydrogen) atoms. The Morgan fingerprint density at radius 3 is 2.94 bits per heavy atom. The van der Waals surface area contributed by atoms with Crippen molar-refractivity contribution >= 4 is 17.3 Å². The number of aromatic carboxylic acids is 1. The molecule has 0 atom stereocenters. The van der Waals surface area contributed by atoms with E-state index in [-0.39, 0.29) is 12.2 Å². The molecule has 2 heterocycles. The van der Waals surface area contributed by atoms with E-state index in [1.54, 1.807) is 24.5 Å². The molecule has 3 N–H and O–H groups in total. The van der Waals surface area contributed by atoms with E-state index < -0.39 is 5.97 Å². The maximum absolute atomic E-state index is 11.0. The summed E-state index contributed by atoms with van der Waals surface area (Å²) in [5, 5.41) is 9.63. The second-order valence-electron chi connectivity index (χ2n) is 3.04. The molecule has 2 rings (SSSR count). The molecule has 0 bridgehead atoms. The Morgan fingerprint density at radius 1 is 1.56 bits per heavy atom. The maximum Gasteiger partial charge on any atom is 0.356 e. The summed E-state index contributed by atoms with van der Waals surface area (Å²) in [6, 6.07) is 3.55. The summed E-state index contributed by atoms with van der Waals surface area (Å²) < 4.78 is 0. The van der Waals surface area contributed by atoms with E-state index in [1.165, 1.54) is 11.3 Å². The van der Waals surface area contributed by atoms with E-state index in [9.17, 15) is 4.79 Å². The third kappa shape index (κ3) is 1.93. The highest BCUT2D eigenvalue weighted by molar-refractivity contribution is 7.15. The molecule has 0 aliphatic rings. The van der Waals surface area contributed by atoms with Gasteiger partial charge in [0.2, 0.25) is 0 Å². The fourth-order valence-corrected chi connectivity index (χ4v) is 2.21. The third-order valence-corrected chi connectivity index (χ3v) is 3.10. The topological polar surface area (TPSA) is 89.1 Å². The predicted molar refractivity (Wildman–Crippen MR) is 60.2 cm³/mol. The Hall–Kier alpha value is -1.79. The number of carboxylic acid groups (broad SMARTS) is 1. The molecule has 0 aliphatic carbocycles. The van der Waals surface area contributed by atoms with Crippen LogP contribution in [0.2, 0.25) is 0 Å². The van der Waals surface area contributed by atoms with E-state index >= 15 is 0 Å². The molecule has 0 saturated carbocycles. The quantitative estimate of drug-likeness (QED) is 0.838. The van der Waals surface area contributed by atoms with Crippen LogP contribution in [-0.2, 0) is 6.54 Å². The summed E-state index contributed by atoms with van der Waals surface area (Å²) in [6.07, 6.45) is 3.25. The van der Waals surface area contributed by atoms with Crippen molar-refractivity contribution in [3.8, 4) is 10.4 Å². The van der Waals surface area contributed by atoms with Crippen LogP contribution >= 0.6 is 11.3 Å². The summed E-state index contributed by atoms with van der Waals surface area (Å²) in [5.74, 6) is -1.05. The summed E-state index contributed by atoms with van der Waals surface area (Å²) in [5.41, 5.74) is 6.24. The van der Waals surface area contributed by atoms with Crippen molar-refractivity contribution in [2.75, 3.05) is 0 Å². The van der Waals surface area contributed by atoms with Gasteiger partial charge in [-0.15, -0.1) is 11.3 Å². The lowest BCUT2D eigenvalue weighted by molar-refractivity contribution is 0.0692. The van der Waals surface area contributed by atoms with Crippen LogP contribution in [0.4, 0.5) is 0 Å². The van der Waals surface area contributed by atoms with Gasteiger partial charge in [-0.3, -0.25) is 4.98 Å². The molecule has 0 unspecified atom stereocenters. The second kappa shape index (κ2) is 4.38. The highest BCUT2D eigenvalue weighted by atomic mass is 32.1. The number of hydrogen-bond acceptors (Lipinski definition) is 5. The van der Waals surface area contributed by atoms with Crippen LogP contribution in [0.15, 0.2) is 24.5 Å². The van der Waals surface area contributed by atoms with Crippen molar-refractivity contribution < 1.29 is 9.90 Å². The Balaban J connectivity index is 2.55. The Bertz CT molecular complexity index is 510. The second-order valence-corrected chi connectivity index (χ2v) is 4.12. The van der Waals surface area contributed by atoms with Crippen molar-refractivity contribution in [3.63, 3.8) is 0 Å². The maximum atomic E-state index is 11.0. The van der Waals surface area contributed by atoms with Crippen LogP contribution in [-0.4, -0.2) is 21.0 Å². The molecule has 2 aromatic heterocycles. The summed E-state index contributed by atoms with van der Waals surface area (Å²) in [6.45, 7) is 0.241. The van der Waals surface area contributed by atoms with Crippen molar-refractivity contribution in [1.82, 2.24) is 9.97 Å². The average molecular weight is 235 g/mol. The van der Waals surface area contributed by atoms with Crippen LogP contribution in [0, 0.1) is 0 Å². The summed E-state index contributed by atoms with van der Waals surface area (Å²) in [7, 11) is 0. The first-order valence-electron chi connectivity index (χ1n) is 4.56. The molecular weight excluding hydrogens is 226 g/mol. The van der Waals surface area contributed by atoms with E-state index in [0.29, 0.717) is 9.88 Å². The molecule has 82 valence electrons. The molecule has 2 aromatic rings. The fraction of sp³-hybridized carbons (Fsp3) is 0.100. The Kier molecular flexibility index (Phi) is 2.93. The van der Waals surface area contributed by atoms with Gasteiger partial charge in [0.1, 0.15) is 5.01 Å². The van der Waals surface area contributed by atoms with Gasteiger partial charge in [0.05, 0.1) is 4.88 Å². The number of thiazole rings is 1. The molecule has 0 saturated heterocycles. The van der Waals surface area contributed by atoms with Gasteiger partial charge < -0.3 is 10.8 Å². The van der Waals surface area contributed by atoms with Gasteiger partial charge in [0.25, 0.3) is 0 Å². The van der Waals surface area contributed by atoms with Crippen LogP contribution in [0.25, 0.3) is 10.4 Å². The van der Waals surface area contributed by atoms with Crippen LogP contribution < -0.4 is 5.73 Å². The highest BCUT2D eigenvalue weighted by Crippen LogP contribution is 2.29. The Labute approximate surface area is 95.6 Å². The smallest absolute Gasteiger partial charge is 0.356 e. The van der Waals surface area contributed by atoms with Gasteiger partial charge in [0.15, 0.2) is 5.69 Å². The molecule has 5 nitrogen and oxygen atoms in total. The SMILES string of the molecule is NCc1nc(C(=O)O)c(-c2cccnc2)s1. The monoisotopic (exact) mass is 235 g/mol. The summed E-state index contributed by atoms with van der Waals surface area (Å²) in [4.78, 5) is 19.5. The van der Waals surface area contributed by atoms with Gasteiger partial charge >= 0.3 is 5.97 Å². The number of carboxylic acids is 1. The molecule has 0 aromatic carbocycles. The van der Waals surface area contributed by atoms with Crippen LogP contribution in [0.3, 0.4) is 0 Å². The number of nitrogens with two attached hydrogens (primary N) is 1. The van der Waals surface area contributed by atoms with Gasteiger partial charge in [-0.25, -0.2) is 9.78 Å². The van der Waals surface area contributed by atoms with E-state index in [2.05, 4.69) is 9.97 Å². The van der Waals surface area contributed by atoms with Gasteiger partial charge in [-0.2, -0.15) is 0 Å². The zero-order chi connectivity index (χ0) is 11.5. The van der Waals surface area contributed by atoms with Gasteiger partial charge in [-0.1, -0.05) is 6.07 Å². The molecule has 0 radical (unpaired) electrons. The zero-order valence-corrected chi connectivity index (χ0v) is 9.07.